The second-order valence-electron chi connectivity index (χ2n) is 8.60. The van der Waals surface area contributed by atoms with Crippen LogP contribution in [0.25, 0.3) is 5.69 Å². The minimum absolute atomic E-state index is 0.256. The monoisotopic (exact) mass is 529 g/mol. The van der Waals surface area contributed by atoms with Gasteiger partial charge in [-0.05, 0) is 105 Å². The molecule has 0 aliphatic carbocycles. The molecule has 1 N–H and O–H groups in total. The highest BCUT2D eigenvalue weighted by molar-refractivity contribution is 9.10. The van der Waals surface area contributed by atoms with E-state index in [-0.39, 0.29) is 5.91 Å². The maximum atomic E-state index is 12.7. The van der Waals surface area contributed by atoms with Crippen molar-refractivity contribution in [3.05, 3.63) is 116 Å². The number of rotatable bonds is 7. The highest BCUT2D eigenvalue weighted by atomic mass is 79.9. The fraction of sp³-hybridized carbons (Fsp3) is 0.172. The molecule has 178 valence electrons. The number of hydrogen-bond donors (Lipinski definition) is 1. The number of amides is 1. The van der Waals surface area contributed by atoms with Crippen molar-refractivity contribution >= 4 is 28.1 Å². The van der Waals surface area contributed by atoms with Crippen molar-refractivity contribution in [2.45, 2.75) is 34.3 Å². The molecule has 0 bridgehead atoms. The van der Waals surface area contributed by atoms with Crippen LogP contribution in [0.3, 0.4) is 0 Å². The number of aryl methyl sites for hydroxylation is 4. The predicted octanol–water partition coefficient (Wildman–Crippen LogP) is 6.82. The quantitative estimate of drug-likeness (QED) is 0.211. The Kier molecular flexibility index (Phi) is 7.51. The largest absolute Gasteiger partial charge is 0.488 e. The number of carbonyl (C=O) groups excluding carboxylic acids is 1. The Balaban J connectivity index is 1.41. The van der Waals surface area contributed by atoms with E-state index < -0.39 is 0 Å². The Morgan fingerprint density at radius 3 is 2.26 bits per heavy atom. The highest BCUT2D eigenvalue weighted by Crippen LogP contribution is 2.25. The lowest BCUT2D eigenvalue weighted by atomic mass is 10.1. The van der Waals surface area contributed by atoms with Crippen molar-refractivity contribution in [2.24, 2.45) is 5.10 Å². The molecule has 0 unspecified atom stereocenters. The first-order valence-corrected chi connectivity index (χ1v) is 12.2. The van der Waals surface area contributed by atoms with E-state index in [1.54, 1.807) is 12.3 Å². The Morgan fingerprint density at radius 2 is 1.60 bits per heavy atom. The molecule has 0 fully saturated rings. The van der Waals surface area contributed by atoms with Gasteiger partial charge in [0.1, 0.15) is 12.4 Å². The van der Waals surface area contributed by atoms with Gasteiger partial charge in [0.15, 0.2) is 0 Å². The lowest BCUT2D eigenvalue weighted by molar-refractivity contribution is 0.0955. The van der Waals surface area contributed by atoms with Crippen LogP contribution in [0.1, 0.15) is 44.0 Å². The van der Waals surface area contributed by atoms with Crippen molar-refractivity contribution in [3.63, 3.8) is 0 Å². The summed E-state index contributed by atoms with van der Waals surface area (Å²) in [6, 6.07) is 23.7. The average Bonchev–Trinajstić information content (AvgIpc) is 3.17. The normalized spacial score (nSPS) is 11.1. The summed E-state index contributed by atoms with van der Waals surface area (Å²) >= 11 is 3.45. The Morgan fingerprint density at radius 1 is 0.943 bits per heavy atom. The number of benzene rings is 3. The maximum absolute atomic E-state index is 12.7. The number of halogens is 1. The van der Waals surface area contributed by atoms with Gasteiger partial charge in [-0.3, -0.25) is 4.79 Å². The fourth-order valence-corrected chi connectivity index (χ4v) is 4.38. The summed E-state index contributed by atoms with van der Waals surface area (Å²) in [5.41, 5.74) is 10.4. The summed E-state index contributed by atoms with van der Waals surface area (Å²) in [6.07, 6.45) is 1.65. The van der Waals surface area contributed by atoms with E-state index in [1.807, 2.05) is 82.3 Å². The third-order valence-corrected chi connectivity index (χ3v) is 6.33. The minimum Gasteiger partial charge on any atom is -0.488 e. The molecule has 4 aromatic rings. The van der Waals surface area contributed by atoms with E-state index in [0.717, 1.165) is 49.6 Å². The van der Waals surface area contributed by atoms with Gasteiger partial charge in [0.25, 0.3) is 5.91 Å². The Hall–Kier alpha value is -3.64. The van der Waals surface area contributed by atoms with Crippen LogP contribution in [0, 0.1) is 27.7 Å². The molecule has 1 amide bonds. The molecule has 3 aromatic carbocycles. The summed E-state index contributed by atoms with van der Waals surface area (Å²) in [4.78, 5) is 12.7. The molecule has 0 radical (unpaired) electrons. The zero-order valence-corrected chi connectivity index (χ0v) is 21.9. The van der Waals surface area contributed by atoms with Gasteiger partial charge in [0, 0.05) is 27.1 Å². The van der Waals surface area contributed by atoms with Crippen LogP contribution in [0.4, 0.5) is 0 Å². The van der Waals surface area contributed by atoms with Crippen molar-refractivity contribution in [1.82, 2.24) is 9.99 Å². The summed E-state index contributed by atoms with van der Waals surface area (Å²) in [6.45, 7) is 8.61. The van der Waals surface area contributed by atoms with Crippen LogP contribution in [0.15, 0.2) is 82.4 Å². The lowest BCUT2D eigenvalue weighted by Gasteiger charge is -2.13. The van der Waals surface area contributed by atoms with Crippen molar-refractivity contribution in [3.8, 4) is 11.4 Å². The molecule has 1 aromatic heterocycles. The minimum atomic E-state index is -0.256. The van der Waals surface area contributed by atoms with E-state index in [4.69, 9.17) is 4.74 Å². The van der Waals surface area contributed by atoms with Gasteiger partial charge in [-0.2, -0.15) is 5.10 Å². The number of nitrogens with one attached hydrogen (secondary N) is 1. The van der Waals surface area contributed by atoms with Crippen LogP contribution in [-0.2, 0) is 6.61 Å². The molecule has 0 spiro atoms. The molecule has 1 heterocycles. The zero-order valence-electron chi connectivity index (χ0n) is 20.3. The lowest BCUT2D eigenvalue weighted by Crippen LogP contribution is -2.18. The molecule has 0 aliphatic heterocycles. The van der Waals surface area contributed by atoms with Crippen molar-refractivity contribution in [1.29, 1.82) is 0 Å². The van der Waals surface area contributed by atoms with Crippen LogP contribution in [0.5, 0.6) is 5.75 Å². The van der Waals surface area contributed by atoms with E-state index in [1.165, 1.54) is 0 Å². The van der Waals surface area contributed by atoms with Gasteiger partial charge in [-0.1, -0.05) is 34.1 Å². The van der Waals surface area contributed by atoms with Gasteiger partial charge in [-0.25, -0.2) is 5.43 Å². The molecule has 0 saturated carbocycles. The number of aromatic nitrogens is 1. The number of hydrogen-bond acceptors (Lipinski definition) is 3. The average molecular weight is 530 g/mol. The third kappa shape index (κ3) is 5.89. The molecular formula is C29H28BrN3O2. The SMILES string of the molecule is Cc1cc(/C=N\NC(=O)c2cccc(-n3c(C)ccc3C)c2)cc(C)c1OCc1ccc(Br)cc1. The van der Waals surface area contributed by atoms with E-state index in [9.17, 15) is 4.79 Å². The highest BCUT2D eigenvalue weighted by Gasteiger charge is 2.10. The zero-order chi connectivity index (χ0) is 24.9. The third-order valence-electron chi connectivity index (χ3n) is 5.80. The molecule has 0 atom stereocenters. The van der Waals surface area contributed by atoms with Gasteiger partial charge in [-0.15, -0.1) is 0 Å². The standard InChI is InChI=1S/C29H28BrN3O2/c1-19-14-24(15-20(2)28(19)35-18-23-10-12-26(30)13-11-23)17-31-32-29(34)25-6-5-7-27(16-25)33-21(3)8-9-22(33)4/h5-17H,18H2,1-4H3,(H,32,34)/b31-17-. The fourth-order valence-electron chi connectivity index (χ4n) is 4.11. The number of nitrogens with zero attached hydrogens (tertiary/aromatic N) is 2. The molecular weight excluding hydrogens is 502 g/mol. The predicted molar refractivity (Wildman–Crippen MR) is 145 cm³/mol. The number of hydrazone groups is 1. The van der Waals surface area contributed by atoms with Gasteiger partial charge >= 0.3 is 0 Å². The van der Waals surface area contributed by atoms with E-state index in [2.05, 4.69) is 43.2 Å². The first-order valence-electron chi connectivity index (χ1n) is 11.4. The molecule has 5 nitrogen and oxygen atoms in total. The second kappa shape index (κ2) is 10.7. The Labute approximate surface area is 214 Å². The van der Waals surface area contributed by atoms with Crippen molar-refractivity contribution < 1.29 is 9.53 Å². The molecule has 4 rings (SSSR count). The summed E-state index contributed by atoms with van der Waals surface area (Å²) in [5, 5.41) is 4.18. The van der Waals surface area contributed by atoms with Crippen LogP contribution in [0.2, 0.25) is 0 Å². The van der Waals surface area contributed by atoms with Crippen LogP contribution < -0.4 is 10.2 Å². The van der Waals surface area contributed by atoms with Crippen molar-refractivity contribution in [2.75, 3.05) is 0 Å². The first kappa shape index (κ1) is 24.5. The first-order chi connectivity index (χ1) is 16.8. The maximum Gasteiger partial charge on any atom is 0.271 e. The molecule has 0 aliphatic rings. The van der Waals surface area contributed by atoms with Gasteiger partial charge in [0.05, 0.1) is 6.21 Å². The second-order valence-corrected chi connectivity index (χ2v) is 9.52. The van der Waals surface area contributed by atoms with Crippen LogP contribution in [-0.4, -0.2) is 16.7 Å². The number of carbonyl (C=O) groups is 1. The van der Waals surface area contributed by atoms with E-state index in [0.29, 0.717) is 12.2 Å². The van der Waals surface area contributed by atoms with Gasteiger partial charge < -0.3 is 9.30 Å². The molecule has 6 heteroatoms. The van der Waals surface area contributed by atoms with Gasteiger partial charge in [0.2, 0.25) is 0 Å². The molecule has 0 saturated heterocycles. The molecule has 35 heavy (non-hydrogen) atoms. The van der Waals surface area contributed by atoms with E-state index >= 15 is 0 Å². The summed E-state index contributed by atoms with van der Waals surface area (Å²) < 4.78 is 9.24. The topological polar surface area (TPSA) is 55.6 Å². The summed E-state index contributed by atoms with van der Waals surface area (Å²) in [7, 11) is 0. The smallest absolute Gasteiger partial charge is 0.271 e. The number of ether oxygens (including phenoxy) is 1. The summed E-state index contributed by atoms with van der Waals surface area (Å²) in [5.74, 6) is 0.606. The Bertz CT molecular complexity index is 1350. The van der Waals surface area contributed by atoms with Crippen LogP contribution >= 0.6 is 15.9 Å².